The van der Waals surface area contributed by atoms with Crippen LogP contribution in [0.2, 0.25) is 0 Å². The van der Waals surface area contributed by atoms with Crippen LogP contribution in [0.15, 0.2) is 0 Å². The molecule has 3 nitrogen and oxygen atoms in total. The van der Waals surface area contributed by atoms with Crippen LogP contribution in [0, 0.1) is 0 Å². The summed E-state index contributed by atoms with van der Waals surface area (Å²) in [4.78, 5) is 0.191. The molecule has 0 aromatic rings. The first-order valence-corrected chi connectivity index (χ1v) is 6.46. The molecule has 0 aromatic carbocycles. The van der Waals surface area contributed by atoms with Crippen LogP contribution in [0.5, 0.6) is 0 Å². The molecule has 1 saturated heterocycles. The molecule has 0 N–H and O–H groups in total. The zero-order valence-electron chi connectivity index (χ0n) is 7.70. The third-order valence-corrected chi connectivity index (χ3v) is 3.72. The standard InChI is InChI=1S/C7H13O3S.Al.2H/c1-7(2)5-6(11(8)9)3-4-10-7;;;/h4,6H,3,5H2,1-2H3,(H,8,9);;;/p-1. The normalized spacial score (nSPS) is 37.6. The molecule has 1 fully saturated rings. The number of ether oxygens (including phenoxy) is 1. The highest BCUT2D eigenvalue weighted by Crippen LogP contribution is 2.29. The molecule has 0 spiro atoms. The summed E-state index contributed by atoms with van der Waals surface area (Å²) in [6, 6.07) is 0. The van der Waals surface area contributed by atoms with E-state index < -0.39 is 11.1 Å². The maximum atomic E-state index is 10.7. The molecule has 0 amide bonds. The Kier molecular flexibility index (Phi) is 3.35. The van der Waals surface area contributed by atoms with E-state index in [0.717, 1.165) is 16.3 Å². The van der Waals surface area contributed by atoms with Crippen molar-refractivity contribution in [1.29, 1.82) is 0 Å². The third-order valence-electron chi connectivity index (χ3n) is 2.11. The monoisotopic (exact) mass is 205 g/mol. The predicted octanol–water partition coefficient (Wildman–Crippen LogP) is -0.218. The van der Waals surface area contributed by atoms with Gasteiger partial charge in [-0.1, -0.05) is 11.1 Å². The van der Waals surface area contributed by atoms with Crippen LogP contribution in [-0.4, -0.2) is 40.9 Å². The fraction of sp³-hybridized carbons (Fsp3) is 1.00. The Morgan fingerprint density at radius 2 is 2.25 bits per heavy atom. The summed E-state index contributed by atoms with van der Waals surface area (Å²) in [5.74, 6) is 0. The average Bonchev–Trinajstić information content (AvgIpc) is 1.82. The van der Waals surface area contributed by atoms with E-state index in [9.17, 15) is 8.76 Å². The second kappa shape index (κ2) is 3.77. The topological polar surface area (TPSA) is 49.4 Å². The molecule has 70 valence electrons. The molecule has 1 aliphatic rings. The summed E-state index contributed by atoms with van der Waals surface area (Å²) in [7, 11) is 0. The molecular weight excluding hydrogens is 191 g/mol. The molecule has 0 aliphatic carbocycles. The minimum atomic E-state index is -1.93. The van der Waals surface area contributed by atoms with Crippen molar-refractivity contribution < 1.29 is 13.5 Å². The summed E-state index contributed by atoms with van der Waals surface area (Å²) in [6.45, 7) is 3.91. The first-order valence-electron chi connectivity index (χ1n) is 4.16. The zero-order valence-corrected chi connectivity index (χ0v) is 10.5. The van der Waals surface area contributed by atoms with Gasteiger partial charge in [-0.05, 0) is 31.7 Å². The molecule has 12 heavy (non-hydrogen) atoms. The quantitative estimate of drug-likeness (QED) is 0.439. The molecule has 5 heteroatoms. The van der Waals surface area contributed by atoms with Crippen molar-refractivity contribution in [3.05, 3.63) is 0 Å². The van der Waals surface area contributed by atoms with E-state index in [1.54, 1.807) is 0 Å². The van der Waals surface area contributed by atoms with E-state index >= 15 is 0 Å². The molecule has 3 unspecified atom stereocenters. The van der Waals surface area contributed by atoms with Gasteiger partial charge in [-0.2, -0.15) is 0 Å². The van der Waals surface area contributed by atoms with Crippen LogP contribution in [-0.2, 0) is 15.8 Å². The second-order valence-corrected chi connectivity index (χ2v) is 6.49. The van der Waals surface area contributed by atoms with Crippen LogP contribution < -0.4 is 0 Å². The SMILES string of the molecule is CC1(C)CC(S(=O)[O-])C[CH]([AlH2])O1. The van der Waals surface area contributed by atoms with E-state index in [1.807, 2.05) is 13.8 Å². The predicted molar refractivity (Wildman–Crippen MR) is 49.4 cm³/mol. The highest BCUT2D eigenvalue weighted by molar-refractivity contribution is 7.79. The Hall–Kier alpha value is 0.602. The smallest absolute Gasteiger partial charge is 0.259 e. The summed E-state index contributed by atoms with van der Waals surface area (Å²) in [5.41, 5.74) is -0.255. The number of hydrogen-bond acceptors (Lipinski definition) is 3. The van der Waals surface area contributed by atoms with E-state index in [1.165, 1.54) is 0 Å². The lowest BCUT2D eigenvalue weighted by Crippen LogP contribution is -2.43. The minimum absolute atomic E-state index is 0.191. The molecule has 0 bridgehead atoms. The lowest BCUT2D eigenvalue weighted by molar-refractivity contribution is -0.0702. The van der Waals surface area contributed by atoms with Gasteiger partial charge in [-0.15, -0.1) is 0 Å². The van der Waals surface area contributed by atoms with Crippen LogP contribution in [0.4, 0.5) is 0 Å². The van der Waals surface area contributed by atoms with Crippen molar-refractivity contribution >= 4 is 27.4 Å². The Morgan fingerprint density at radius 1 is 1.67 bits per heavy atom. The molecular formula is C7H14AlO3S-. The molecule has 3 atom stereocenters. The van der Waals surface area contributed by atoms with Gasteiger partial charge < -0.3 is 9.29 Å². The maximum absolute atomic E-state index is 10.7. The van der Waals surface area contributed by atoms with Crippen molar-refractivity contribution in [3.8, 4) is 0 Å². The first kappa shape index (κ1) is 10.7. The lowest BCUT2D eigenvalue weighted by Gasteiger charge is -2.40. The van der Waals surface area contributed by atoms with Gasteiger partial charge >= 0.3 is 0 Å². The Balaban J connectivity index is 2.64. The van der Waals surface area contributed by atoms with Crippen molar-refractivity contribution in [3.63, 3.8) is 0 Å². The zero-order chi connectivity index (χ0) is 9.35. The Bertz CT molecular complexity index is 195. The second-order valence-electron chi connectivity index (χ2n) is 4.01. The molecule has 0 radical (unpaired) electrons. The highest BCUT2D eigenvalue weighted by atomic mass is 32.2. The maximum Gasteiger partial charge on any atom is 0.259 e. The van der Waals surface area contributed by atoms with E-state index in [-0.39, 0.29) is 15.8 Å². The van der Waals surface area contributed by atoms with Gasteiger partial charge in [0.2, 0.25) is 0 Å². The van der Waals surface area contributed by atoms with Crippen LogP contribution in [0.1, 0.15) is 26.7 Å². The van der Waals surface area contributed by atoms with Gasteiger partial charge in [-0.25, -0.2) is 0 Å². The lowest BCUT2D eigenvalue weighted by atomic mass is 9.98. The van der Waals surface area contributed by atoms with E-state index in [4.69, 9.17) is 4.74 Å². The van der Waals surface area contributed by atoms with Gasteiger partial charge in [0.15, 0.2) is 0 Å². The molecule has 0 aromatic heterocycles. The Morgan fingerprint density at radius 3 is 2.67 bits per heavy atom. The minimum Gasteiger partial charge on any atom is -0.772 e. The molecule has 1 aliphatic heterocycles. The van der Waals surface area contributed by atoms with Gasteiger partial charge in [0.25, 0.3) is 16.3 Å². The van der Waals surface area contributed by atoms with Crippen LogP contribution in [0.3, 0.4) is 0 Å². The fourth-order valence-corrected chi connectivity index (χ4v) is 4.30. The van der Waals surface area contributed by atoms with Crippen molar-refractivity contribution in [2.24, 2.45) is 0 Å². The molecule has 1 rings (SSSR count). The van der Waals surface area contributed by atoms with Gasteiger partial charge in [0, 0.05) is 5.25 Å². The summed E-state index contributed by atoms with van der Waals surface area (Å²) >= 11 is -1.02. The summed E-state index contributed by atoms with van der Waals surface area (Å²) in [6.07, 6.45) is 1.31. The van der Waals surface area contributed by atoms with E-state index in [0.29, 0.717) is 12.8 Å². The number of hydrogen-bond donors (Lipinski definition) is 0. The van der Waals surface area contributed by atoms with Gasteiger partial charge in [0.1, 0.15) is 0 Å². The number of rotatable bonds is 1. The average molecular weight is 205 g/mol. The largest absolute Gasteiger partial charge is 0.772 e. The van der Waals surface area contributed by atoms with E-state index in [2.05, 4.69) is 0 Å². The molecule has 1 heterocycles. The van der Waals surface area contributed by atoms with Crippen molar-refractivity contribution in [2.45, 2.75) is 42.5 Å². The summed E-state index contributed by atoms with van der Waals surface area (Å²) in [5, 5.41) is -0.198. The van der Waals surface area contributed by atoms with Crippen molar-refractivity contribution in [2.75, 3.05) is 0 Å². The third kappa shape index (κ3) is 2.83. The van der Waals surface area contributed by atoms with Crippen molar-refractivity contribution in [1.82, 2.24) is 0 Å². The highest BCUT2D eigenvalue weighted by Gasteiger charge is 2.32. The van der Waals surface area contributed by atoms with Gasteiger partial charge in [-0.3, -0.25) is 4.21 Å². The van der Waals surface area contributed by atoms with Gasteiger partial charge in [0.05, 0.1) is 5.60 Å². The summed E-state index contributed by atoms with van der Waals surface area (Å²) < 4.78 is 27.1. The van der Waals surface area contributed by atoms with Crippen LogP contribution >= 0.6 is 0 Å². The van der Waals surface area contributed by atoms with Crippen LogP contribution in [0.25, 0.3) is 0 Å². The fourth-order valence-electron chi connectivity index (χ4n) is 1.79. The first-order chi connectivity index (χ1) is 5.41. The Labute approximate surface area is 83.6 Å². The molecule has 0 saturated carbocycles.